The SMILES string of the molecule is CCc1cccc(C)c1NC(=O)N(C)Cc1ccccc1. The Labute approximate surface area is 126 Å². The Morgan fingerprint density at radius 2 is 1.81 bits per heavy atom. The molecule has 3 nitrogen and oxygen atoms in total. The fourth-order valence-electron chi connectivity index (χ4n) is 2.33. The zero-order valence-electron chi connectivity index (χ0n) is 12.9. The first-order chi connectivity index (χ1) is 10.1. The maximum Gasteiger partial charge on any atom is 0.321 e. The van der Waals surface area contributed by atoms with Crippen LogP contribution in [0.25, 0.3) is 0 Å². The summed E-state index contributed by atoms with van der Waals surface area (Å²) in [6, 6.07) is 16.0. The molecule has 0 bridgehead atoms. The predicted octanol–water partition coefficient (Wildman–Crippen LogP) is 4.22. The monoisotopic (exact) mass is 282 g/mol. The molecule has 2 amide bonds. The molecule has 3 heteroatoms. The van der Waals surface area contributed by atoms with Gasteiger partial charge >= 0.3 is 6.03 Å². The molecule has 0 fully saturated rings. The summed E-state index contributed by atoms with van der Waals surface area (Å²) in [5, 5.41) is 3.04. The van der Waals surface area contributed by atoms with Gasteiger partial charge in [-0.25, -0.2) is 4.79 Å². The lowest BCUT2D eigenvalue weighted by atomic mass is 10.1. The summed E-state index contributed by atoms with van der Waals surface area (Å²) in [5.74, 6) is 0. The molecule has 1 N–H and O–H groups in total. The molecule has 0 saturated heterocycles. The highest BCUT2D eigenvalue weighted by Crippen LogP contribution is 2.21. The summed E-state index contributed by atoms with van der Waals surface area (Å²) in [7, 11) is 1.81. The Morgan fingerprint density at radius 3 is 2.48 bits per heavy atom. The van der Waals surface area contributed by atoms with E-state index < -0.39 is 0 Å². The number of nitrogens with one attached hydrogen (secondary N) is 1. The van der Waals surface area contributed by atoms with Crippen LogP contribution in [0.1, 0.15) is 23.6 Å². The second-order valence-corrected chi connectivity index (χ2v) is 5.23. The Hall–Kier alpha value is -2.29. The molecular formula is C18H22N2O. The third-order valence-corrected chi connectivity index (χ3v) is 3.58. The van der Waals surface area contributed by atoms with E-state index >= 15 is 0 Å². The Bertz CT molecular complexity index is 608. The molecule has 0 spiro atoms. The van der Waals surface area contributed by atoms with E-state index in [0.29, 0.717) is 6.54 Å². The Kier molecular flexibility index (Phi) is 4.99. The first-order valence-electron chi connectivity index (χ1n) is 7.26. The molecule has 0 aliphatic carbocycles. The van der Waals surface area contributed by atoms with E-state index in [0.717, 1.165) is 28.8 Å². The summed E-state index contributed by atoms with van der Waals surface area (Å²) in [6.45, 7) is 4.71. The van der Waals surface area contributed by atoms with Crippen LogP contribution >= 0.6 is 0 Å². The smallest absolute Gasteiger partial charge is 0.321 e. The number of carbonyl (C=O) groups is 1. The highest BCUT2D eigenvalue weighted by molar-refractivity contribution is 5.90. The maximum atomic E-state index is 12.4. The maximum absolute atomic E-state index is 12.4. The lowest BCUT2D eigenvalue weighted by molar-refractivity contribution is 0.220. The fourth-order valence-corrected chi connectivity index (χ4v) is 2.33. The number of rotatable bonds is 4. The van der Waals surface area contributed by atoms with Crippen LogP contribution < -0.4 is 5.32 Å². The molecule has 0 aliphatic heterocycles. The number of nitrogens with zero attached hydrogens (tertiary/aromatic N) is 1. The molecule has 0 atom stereocenters. The minimum atomic E-state index is -0.0807. The van der Waals surface area contributed by atoms with Crippen molar-refractivity contribution in [3.05, 3.63) is 65.2 Å². The Morgan fingerprint density at radius 1 is 1.10 bits per heavy atom. The molecule has 0 aliphatic rings. The molecule has 2 rings (SSSR count). The van der Waals surface area contributed by atoms with Crippen molar-refractivity contribution >= 4 is 11.7 Å². The van der Waals surface area contributed by atoms with Gasteiger partial charge in [-0.15, -0.1) is 0 Å². The molecule has 2 aromatic carbocycles. The van der Waals surface area contributed by atoms with Crippen LogP contribution in [-0.4, -0.2) is 18.0 Å². The molecule has 0 unspecified atom stereocenters. The van der Waals surface area contributed by atoms with Crippen LogP contribution in [0.5, 0.6) is 0 Å². The minimum absolute atomic E-state index is 0.0807. The number of amides is 2. The van der Waals surface area contributed by atoms with Crippen molar-refractivity contribution < 1.29 is 4.79 Å². The van der Waals surface area contributed by atoms with Gasteiger partial charge in [-0.05, 0) is 30.0 Å². The lowest BCUT2D eigenvalue weighted by Crippen LogP contribution is -2.31. The number of carbonyl (C=O) groups excluding carboxylic acids is 1. The van der Waals surface area contributed by atoms with Gasteiger partial charge in [0.2, 0.25) is 0 Å². The zero-order chi connectivity index (χ0) is 15.2. The quantitative estimate of drug-likeness (QED) is 0.894. The van der Waals surface area contributed by atoms with Crippen molar-refractivity contribution in [2.24, 2.45) is 0 Å². The molecule has 0 heterocycles. The number of hydrogen-bond donors (Lipinski definition) is 1. The number of hydrogen-bond acceptors (Lipinski definition) is 1. The third kappa shape index (κ3) is 3.85. The van der Waals surface area contributed by atoms with Crippen LogP contribution in [0.3, 0.4) is 0 Å². The van der Waals surface area contributed by atoms with Gasteiger partial charge < -0.3 is 10.2 Å². The van der Waals surface area contributed by atoms with Gasteiger partial charge in [0, 0.05) is 19.3 Å². The summed E-state index contributed by atoms with van der Waals surface area (Å²) >= 11 is 0. The highest BCUT2D eigenvalue weighted by atomic mass is 16.2. The van der Waals surface area contributed by atoms with E-state index in [9.17, 15) is 4.79 Å². The third-order valence-electron chi connectivity index (χ3n) is 3.58. The van der Waals surface area contributed by atoms with Crippen molar-refractivity contribution in [3.63, 3.8) is 0 Å². The van der Waals surface area contributed by atoms with Gasteiger partial charge in [0.25, 0.3) is 0 Å². The van der Waals surface area contributed by atoms with Crippen LogP contribution in [0.15, 0.2) is 48.5 Å². The van der Waals surface area contributed by atoms with Crippen molar-refractivity contribution in [1.29, 1.82) is 0 Å². The molecule has 0 aromatic heterocycles. The number of urea groups is 1. The highest BCUT2D eigenvalue weighted by Gasteiger charge is 2.12. The van der Waals surface area contributed by atoms with Gasteiger partial charge in [-0.3, -0.25) is 0 Å². The van der Waals surface area contributed by atoms with E-state index in [-0.39, 0.29) is 6.03 Å². The topological polar surface area (TPSA) is 32.3 Å². The standard InChI is InChI=1S/C18H22N2O/c1-4-16-12-8-9-14(2)17(16)19-18(21)20(3)13-15-10-6-5-7-11-15/h5-12H,4,13H2,1-3H3,(H,19,21). The first kappa shape index (κ1) is 15.1. The molecule has 2 aromatic rings. The van der Waals surface area contributed by atoms with Crippen molar-refractivity contribution in [2.45, 2.75) is 26.8 Å². The first-order valence-corrected chi connectivity index (χ1v) is 7.26. The number of para-hydroxylation sites is 1. The van der Waals surface area contributed by atoms with Gasteiger partial charge in [0.1, 0.15) is 0 Å². The average Bonchev–Trinajstić information content (AvgIpc) is 2.50. The van der Waals surface area contributed by atoms with Gasteiger partial charge in [-0.2, -0.15) is 0 Å². The van der Waals surface area contributed by atoms with Crippen molar-refractivity contribution in [1.82, 2.24) is 4.90 Å². The Balaban J connectivity index is 2.08. The van der Waals surface area contributed by atoms with Crippen LogP contribution in [0.4, 0.5) is 10.5 Å². The van der Waals surface area contributed by atoms with Crippen LogP contribution in [0, 0.1) is 6.92 Å². The van der Waals surface area contributed by atoms with Crippen LogP contribution in [0.2, 0.25) is 0 Å². The van der Waals surface area contributed by atoms with E-state index in [1.165, 1.54) is 0 Å². The second-order valence-electron chi connectivity index (χ2n) is 5.23. The van der Waals surface area contributed by atoms with E-state index in [2.05, 4.69) is 18.3 Å². The number of anilines is 1. The number of benzene rings is 2. The van der Waals surface area contributed by atoms with E-state index in [4.69, 9.17) is 0 Å². The second kappa shape index (κ2) is 6.93. The molecule has 21 heavy (non-hydrogen) atoms. The molecular weight excluding hydrogens is 260 g/mol. The fraction of sp³-hybridized carbons (Fsp3) is 0.278. The summed E-state index contributed by atoms with van der Waals surface area (Å²) in [4.78, 5) is 14.0. The largest absolute Gasteiger partial charge is 0.323 e. The van der Waals surface area contributed by atoms with Gasteiger partial charge in [0.05, 0.1) is 0 Å². The lowest BCUT2D eigenvalue weighted by Gasteiger charge is -2.20. The summed E-state index contributed by atoms with van der Waals surface area (Å²) in [6.07, 6.45) is 0.902. The van der Waals surface area contributed by atoms with Crippen molar-refractivity contribution in [2.75, 3.05) is 12.4 Å². The predicted molar refractivity (Wildman–Crippen MR) is 87.5 cm³/mol. The van der Waals surface area contributed by atoms with Crippen molar-refractivity contribution in [3.8, 4) is 0 Å². The van der Waals surface area contributed by atoms with Gasteiger partial charge in [-0.1, -0.05) is 55.5 Å². The minimum Gasteiger partial charge on any atom is -0.323 e. The van der Waals surface area contributed by atoms with E-state index in [1.807, 2.05) is 56.4 Å². The number of aryl methyl sites for hydroxylation is 2. The van der Waals surface area contributed by atoms with E-state index in [1.54, 1.807) is 4.90 Å². The summed E-state index contributed by atoms with van der Waals surface area (Å²) in [5.41, 5.74) is 4.31. The zero-order valence-corrected chi connectivity index (χ0v) is 12.9. The normalized spacial score (nSPS) is 10.2. The molecule has 0 radical (unpaired) electrons. The average molecular weight is 282 g/mol. The molecule has 110 valence electrons. The van der Waals surface area contributed by atoms with Gasteiger partial charge in [0.15, 0.2) is 0 Å². The molecule has 0 saturated carbocycles. The van der Waals surface area contributed by atoms with Crippen LogP contribution in [-0.2, 0) is 13.0 Å². The summed E-state index contributed by atoms with van der Waals surface area (Å²) < 4.78 is 0.